The summed E-state index contributed by atoms with van der Waals surface area (Å²) in [5, 5.41) is 20.2. The molecule has 0 spiro atoms. The Balaban J connectivity index is 0.959. The summed E-state index contributed by atoms with van der Waals surface area (Å²) in [5.41, 5.74) is 2.31. The van der Waals surface area contributed by atoms with Gasteiger partial charge in [-0.3, -0.25) is 28.5 Å². The van der Waals surface area contributed by atoms with Gasteiger partial charge in [0, 0.05) is 19.1 Å². The number of nitrogens with one attached hydrogen (secondary N) is 4. The summed E-state index contributed by atoms with van der Waals surface area (Å²) in [6, 6.07) is 21.4. The Hall–Kier alpha value is -6.62. The third-order valence-corrected chi connectivity index (χ3v) is 15.1. The van der Waals surface area contributed by atoms with Gasteiger partial charge in [0.25, 0.3) is 5.91 Å². The van der Waals surface area contributed by atoms with E-state index in [2.05, 4.69) is 31.6 Å². The maximum Gasteiger partial charge on any atom is 0.342 e. The van der Waals surface area contributed by atoms with Gasteiger partial charge in [-0.05, 0) is 67.7 Å². The zero-order chi connectivity index (χ0) is 65.1. The molecular formula is C66H97N8O17+. The lowest BCUT2D eigenvalue weighted by molar-refractivity contribution is -0.943. The molecule has 2 aliphatic rings. The van der Waals surface area contributed by atoms with Crippen molar-refractivity contribution in [2.75, 3.05) is 146 Å². The van der Waals surface area contributed by atoms with Crippen LogP contribution in [0, 0.1) is 11.8 Å². The van der Waals surface area contributed by atoms with Gasteiger partial charge >= 0.3 is 5.97 Å². The molecule has 3 heterocycles. The second-order valence-corrected chi connectivity index (χ2v) is 23.7. The van der Waals surface area contributed by atoms with Crippen LogP contribution in [0.2, 0.25) is 0 Å². The van der Waals surface area contributed by atoms with Crippen LogP contribution in [0.3, 0.4) is 0 Å². The highest BCUT2D eigenvalue weighted by molar-refractivity contribution is 5.99. The smallest absolute Gasteiger partial charge is 0.342 e. The molecular weight excluding hydrogens is 1180 g/mol. The molecule has 6 rings (SSSR count). The lowest BCUT2D eigenvalue weighted by Gasteiger charge is -2.39. The van der Waals surface area contributed by atoms with E-state index in [1.807, 2.05) is 88.4 Å². The monoisotopic (exact) mass is 1270 g/mol. The Morgan fingerprint density at radius 1 is 0.593 bits per heavy atom. The summed E-state index contributed by atoms with van der Waals surface area (Å²) < 4.78 is 62.3. The summed E-state index contributed by atoms with van der Waals surface area (Å²) in [7, 11) is 1.63. The van der Waals surface area contributed by atoms with E-state index in [-0.39, 0.29) is 73.5 Å². The highest BCUT2D eigenvalue weighted by atomic mass is 16.6. The Bertz CT molecular complexity index is 2760. The zero-order valence-corrected chi connectivity index (χ0v) is 53.9. The minimum absolute atomic E-state index is 0.0489. The van der Waals surface area contributed by atoms with Crippen LogP contribution in [0.1, 0.15) is 75.4 Å². The summed E-state index contributed by atoms with van der Waals surface area (Å²) >= 11 is 0. The van der Waals surface area contributed by atoms with E-state index in [0.29, 0.717) is 143 Å². The predicted octanol–water partition coefficient (Wildman–Crippen LogP) is 3.89. The van der Waals surface area contributed by atoms with Crippen molar-refractivity contribution in [1.82, 2.24) is 36.3 Å². The Morgan fingerprint density at radius 3 is 1.62 bits per heavy atom. The molecule has 0 saturated carbocycles. The van der Waals surface area contributed by atoms with Crippen molar-refractivity contribution < 1.29 is 85.4 Å². The van der Waals surface area contributed by atoms with Crippen LogP contribution in [0.5, 0.6) is 0 Å². The molecule has 1 aromatic heterocycles. The van der Waals surface area contributed by atoms with E-state index >= 15 is 0 Å². The predicted molar refractivity (Wildman–Crippen MR) is 335 cm³/mol. The summed E-state index contributed by atoms with van der Waals surface area (Å²) in [6.45, 7) is 17.4. The number of hydrogen-bond donors (Lipinski definition) is 4. The van der Waals surface area contributed by atoms with Crippen LogP contribution in [-0.4, -0.2) is 230 Å². The van der Waals surface area contributed by atoms with Gasteiger partial charge in [-0.15, -0.1) is 5.10 Å². The third-order valence-electron chi connectivity index (χ3n) is 15.1. The molecule has 91 heavy (non-hydrogen) atoms. The molecule has 0 aliphatic carbocycles. The minimum Gasteiger partial charge on any atom is -0.411 e. The first-order valence-corrected chi connectivity index (χ1v) is 31.7. The third kappa shape index (κ3) is 27.6. The van der Waals surface area contributed by atoms with E-state index in [0.717, 1.165) is 11.1 Å². The fourth-order valence-corrected chi connectivity index (χ4v) is 9.90. The van der Waals surface area contributed by atoms with Gasteiger partial charge in [0.1, 0.15) is 49.2 Å². The van der Waals surface area contributed by atoms with Gasteiger partial charge in [0.2, 0.25) is 24.5 Å². The maximum absolute atomic E-state index is 14.6. The number of esters is 1. The highest BCUT2D eigenvalue weighted by Gasteiger charge is 2.50. The quantitative estimate of drug-likeness (QED) is 0.0211. The summed E-state index contributed by atoms with van der Waals surface area (Å²) in [4.78, 5) is 84.9. The van der Waals surface area contributed by atoms with Crippen LogP contribution < -0.4 is 21.3 Å². The van der Waals surface area contributed by atoms with E-state index < -0.39 is 59.4 Å². The van der Waals surface area contributed by atoms with Crippen LogP contribution in [0.15, 0.2) is 91.1 Å². The second-order valence-electron chi connectivity index (χ2n) is 23.7. The van der Waals surface area contributed by atoms with Gasteiger partial charge in [-0.2, -0.15) is 0 Å². The molecule has 0 bridgehead atoms. The molecule has 4 amide bonds. The number of amides is 4. The minimum atomic E-state index is -1.11. The summed E-state index contributed by atoms with van der Waals surface area (Å²) in [6.07, 6.45) is 3.05. The van der Waals surface area contributed by atoms with Crippen molar-refractivity contribution in [3.63, 3.8) is 0 Å². The summed E-state index contributed by atoms with van der Waals surface area (Å²) in [5.74, 6) is -3.01. The lowest BCUT2D eigenvalue weighted by Crippen LogP contribution is -2.62. The molecule has 2 saturated heterocycles. The van der Waals surface area contributed by atoms with Crippen molar-refractivity contribution in [1.29, 1.82) is 0 Å². The fraction of sp³-hybridized carbons (Fsp3) is 0.606. The number of rotatable bonds is 47. The molecule has 2 aliphatic heterocycles. The molecule has 4 aromatic rings. The largest absolute Gasteiger partial charge is 0.411 e. The number of morpholine rings is 1. The lowest BCUT2D eigenvalue weighted by atomic mass is 9.93. The molecule has 4 N–H and O–H groups in total. The molecule has 25 nitrogen and oxygen atoms in total. The van der Waals surface area contributed by atoms with Gasteiger partial charge in [-0.25, -0.2) is 9.48 Å². The zero-order valence-electron chi connectivity index (χ0n) is 53.9. The first kappa shape index (κ1) is 73.4. The van der Waals surface area contributed by atoms with Gasteiger partial charge in [-0.1, -0.05) is 106 Å². The molecule has 0 unspecified atom stereocenters. The Labute approximate surface area is 535 Å². The number of quaternary nitrogens is 1. The number of hydrogen-bond acceptors (Lipinski definition) is 19. The van der Waals surface area contributed by atoms with E-state index in [4.69, 9.17) is 52.1 Å². The number of Topliss-reactive ketones (excluding diaryl/α,β-unsaturated/α-hetero) is 1. The van der Waals surface area contributed by atoms with Gasteiger partial charge in [0.05, 0.1) is 130 Å². The average molecular weight is 1270 g/mol. The number of methoxy groups -OCH3 is 1. The van der Waals surface area contributed by atoms with Crippen LogP contribution in [-0.2, 0) is 95.7 Å². The first-order valence-electron chi connectivity index (χ1n) is 31.7. The van der Waals surface area contributed by atoms with Crippen molar-refractivity contribution in [2.45, 2.75) is 103 Å². The number of nitrogens with zero attached hydrogens (tertiary/aromatic N) is 4. The topological polar surface area (TPSA) is 286 Å². The van der Waals surface area contributed by atoms with E-state index in [1.54, 1.807) is 49.2 Å². The number of epoxide rings is 1. The number of carbonyl (C=O) groups is 6. The number of carbonyl (C=O) groups excluding carboxylic acids is 6. The Kier molecular flexibility index (Phi) is 32.6. The van der Waals surface area contributed by atoms with E-state index in [9.17, 15) is 28.8 Å². The number of ether oxygens (including phenoxy) is 11. The Morgan fingerprint density at radius 2 is 1.08 bits per heavy atom. The van der Waals surface area contributed by atoms with Crippen LogP contribution in [0.4, 0.5) is 0 Å². The maximum atomic E-state index is 14.6. The van der Waals surface area contributed by atoms with Crippen molar-refractivity contribution >= 4 is 35.4 Å². The number of benzene rings is 3. The molecule has 2 fully saturated rings. The van der Waals surface area contributed by atoms with Crippen molar-refractivity contribution in [3.05, 3.63) is 108 Å². The molecule has 5 atom stereocenters. The molecule has 25 heteroatoms. The molecule has 0 radical (unpaired) electrons. The number of aryl methyl sites for hydroxylation is 1. The number of aromatic nitrogens is 3. The highest BCUT2D eigenvalue weighted by Crippen LogP contribution is 2.30. The van der Waals surface area contributed by atoms with E-state index in [1.165, 1.54) is 0 Å². The molecule has 502 valence electrons. The normalized spacial score (nSPS) is 16.6. The first-order chi connectivity index (χ1) is 44.0. The van der Waals surface area contributed by atoms with Crippen molar-refractivity contribution in [2.24, 2.45) is 11.8 Å². The van der Waals surface area contributed by atoms with Crippen LogP contribution in [0.25, 0.3) is 11.3 Å². The van der Waals surface area contributed by atoms with Gasteiger partial charge < -0.3 is 73.4 Å². The fourth-order valence-electron chi connectivity index (χ4n) is 9.90. The number of ketones is 1. The molecule has 3 aromatic carbocycles. The average Bonchev–Trinajstić information content (AvgIpc) is 1.73. The van der Waals surface area contributed by atoms with Crippen LogP contribution >= 0.6 is 0 Å². The van der Waals surface area contributed by atoms with Crippen molar-refractivity contribution in [3.8, 4) is 11.3 Å². The van der Waals surface area contributed by atoms with Gasteiger partial charge in [0.15, 0.2) is 12.3 Å². The standard InChI is InChI=1S/C66H96N8O17/c1-49(2)41-56(61(76)66(5)46-91-66)68-64(79)58(43-52-15-11-8-12-16-52)70-63(78)57(42-50(3)4)69-62(77)55(22-17-51-13-9-7-10-14-51)67-60(75)45-74(23-25-82-26-24-74)48-90-65(80)54-20-18-53(19-21-54)59-44-73(72-71-59)47-89-40-39-88-38-37-87-36-35-86-34-33-85-32-31-84-30-29-83-28-27-81-6/h7-16,18-21,44,49-50,55-58H,17,22-43,45-48H2,1-6H3,(H3-,67,68,69,70,75,77,78,79)/p+1/t55-,56-,57-,58-,66+/m0/s1. The second kappa shape index (κ2) is 40.4. The SMILES string of the molecule is COCCOCCOCCOCCOCCOCCOCCOCn1cc(-c2ccc(C(=O)OC[N+]3(CC(=O)N[C@@H](CCc4ccccc4)C(=O)N[C@@H](CC(C)C)C(=O)N[C@@H](Cc4ccccc4)C(=O)N[C@@H](CC(C)C)C(=O)[C@@]4(C)CO4)CCOCC3)cc2)nn1.